The summed E-state index contributed by atoms with van der Waals surface area (Å²) in [6, 6.07) is -0.193. The van der Waals surface area contributed by atoms with E-state index in [1.54, 1.807) is 20.8 Å². The first kappa shape index (κ1) is 15.0. The van der Waals surface area contributed by atoms with E-state index in [1.807, 2.05) is 0 Å². The quantitative estimate of drug-likeness (QED) is 0.778. The zero-order valence-electron chi connectivity index (χ0n) is 11.7. The first-order valence-corrected chi connectivity index (χ1v) is 6.48. The molecular weight excluding hydrogens is 234 g/mol. The molecule has 0 bridgehead atoms. The minimum atomic E-state index is -0.592. The summed E-state index contributed by atoms with van der Waals surface area (Å²) in [6.07, 6.45) is 2.19. The van der Waals surface area contributed by atoms with Crippen LogP contribution in [-0.4, -0.2) is 41.8 Å². The van der Waals surface area contributed by atoms with Gasteiger partial charge in [0, 0.05) is 0 Å². The van der Waals surface area contributed by atoms with Gasteiger partial charge in [-0.1, -0.05) is 19.8 Å². The van der Waals surface area contributed by atoms with Crippen LogP contribution in [-0.2, 0) is 14.3 Å². The third-order valence-electron chi connectivity index (χ3n) is 2.65. The predicted molar refractivity (Wildman–Crippen MR) is 67.2 cm³/mol. The van der Waals surface area contributed by atoms with Crippen LogP contribution in [0, 0.1) is 0 Å². The van der Waals surface area contributed by atoms with Gasteiger partial charge in [-0.2, -0.15) is 0 Å². The third-order valence-corrected chi connectivity index (χ3v) is 2.65. The second-order valence-electron chi connectivity index (χ2n) is 5.56. The molecule has 0 aliphatic carbocycles. The Labute approximate surface area is 108 Å². The number of hydrogen-bond acceptors (Lipinski definition) is 4. The van der Waals surface area contributed by atoms with Crippen molar-refractivity contribution in [2.24, 2.45) is 0 Å². The second kappa shape index (κ2) is 6.18. The van der Waals surface area contributed by atoms with Gasteiger partial charge in [-0.25, -0.2) is 9.69 Å². The fourth-order valence-electron chi connectivity index (χ4n) is 1.84. The lowest BCUT2D eigenvalue weighted by molar-refractivity contribution is -0.146. The van der Waals surface area contributed by atoms with E-state index in [1.165, 1.54) is 4.90 Å². The number of nitrogens with zero attached hydrogens (tertiary/aromatic N) is 1. The summed E-state index contributed by atoms with van der Waals surface area (Å²) in [4.78, 5) is 25.0. The lowest BCUT2D eigenvalue weighted by atomic mass is 10.1. The topological polar surface area (TPSA) is 55.8 Å². The largest absolute Gasteiger partial charge is 0.443 e. The molecule has 1 aliphatic rings. The van der Waals surface area contributed by atoms with Gasteiger partial charge in [-0.05, 0) is 27.2 Å². The Kier molecular flexibility index (Phi) is 5.14. The lowest BCUT2D eigenvalue weighted by Crippen LogP contribution is -2.53. The van der Waals surface area contributed by atoms with Crippen LogP contribution in [0.4, 0.5) is 4.79 Å². The molecule has 0 N–H and O–H groups in total. The number of rotatable bonds is 3. The van der Waals surface area contributed by atoms with Crippen LogP contribution >= 0.6 is 0 Å². The minimum Gasteiger partial charge on any atom is -0.443 e. The molecule has 5 nitrogen and oxygen atoms in total. The van der Waals surface area contributed by atoms with E-state index in [-0.39, 0.29) is 18.6 Å². The van der Waals surface area contributed by atoms with Crippen molar-refractivity contribution in [2.75, 3.05) is 13.2 Å². The van der Waals surface area contributed by atoms with Crippen LogP contribution in [0.3, 0.4) is 0 Å². The maximum atomic E-state index is 12.0. The van der Waals surface area contributed by atoms with Crippen molar-refractivity contribution >= 4 is 12.0 Å². The monoisotopic (exact) mass is 257 g/mol. The van der Waals surface area contributed by atoms with Crippen molar-refractivity contribution in [3.63, 3.8) is 0 Å². The Morgan fingerprint density at radius 3 is 2.72 bits per heavy atom. The Hall–Kier alpha value is -1.10. The van der Waals surface area contributed by atoms with Crippen molar-refractivity contribution in [3.8, 4) is 0 Å². The van der Waals surface area contributed by atoms with E-state index in [2.05, 4.69) is 6.92 Å². The molecule has 2 amide bonds. The summed E-state index contributed by atoms with van der Waals surface area (Å²) >= 11 is 0. The molecule has 104 valence electrons. The maximum Gasteiger partial charge on any atom is 0.417 e. The maximum absolute atomic E-state index is 12.0. The number of hydrogen-bond donors (Lipinski definition) is 0. The van der Waals surface area contributed by atoms with Crippen LogP contribution in [0.2, 0.25) is 0 Å². The molecular formula is C13H23NO4. The number of amides is 2. The molecule has 1 heterocycles. The summed E-state index contributed by atoms with van der Waals surface area (Å²) in [5.41, 5.74) is -0.592. The summed E-state index contributed by atoms with van der Waals surface area (Å²) in [5, 5.41) is 0. The van der Waals surface area contributed by atoms with Crippen molar-refractivity contribution in [1.29, 1.82) is 0 Å². The first-order valence-electron chi connectivity index (χ1n) is 6.48. The minimum absolute atomic E-state index is 0.0398. The van der Waals surface area contributed by atoms with Gasteiger partial charge in [-0.15, -0.1) is 0 Å². The molecule has 0 unspecified atom stereocenters. The number of morpholine rings is 1. The Bertz CT molecular complexity index is 309. The van der Waals surface area contributed by atoms with Gasteiger partial charge >= 0.3 is 6.09 Å². The van der Waals surface area contributed by atoms with Crippen molar-refractivity contribution in [3.05, 3.63) is 0 Å². The van der Waals surface area contributed by atoms with Gasteiger partial charge in [0.25, 0.3) is 5.91 Å². The summed E-state index contributed by atoms with van der Waals surface area (Å²) in [6.45, 7) is 7.81. The van der Waals surface area contributed by atoms with Crippen LogP contribution < -0.4 is 0 Å². The highest BCUT2D eigenvalue weighted by molar-refractivity contribution is 5.93. The molecule has 5 heteroatoms. The SMILES string of the molecule is CCCC[C@H]1COCC(=O)N1C(=O)OC(C)(C)C. The molecule has 1 saturated heterocycles. The van der Waals surface area contributed by atoms with E-state index in [0.717, 1.165) is 19.3 Å². The average Bonchev–Trinajstić information content (AvgIpc) is 2.23. The summed E-state index contributed by atoms with van der Waals surface area (Å²) in [5.74, 6) is -0.309. The molecule has 0 radical (unpaired) electrons. The molecule has 0 aromatic carbocycles. The molecule has 0 aromatic heterocycles. The van der Waals surface area contributed by atoms with Crippen LogP contribution in [0.25, 0.3) is 0 Å². The highest BCUT2D eigenvalue weighted by Crippen LogP contribution is 2.18. The number of imide groups is 1. The van der Waals surface area contributed by atoms with Gasteiger partial charge in [0.15, 0.2) is 0 Å². The van der Waals surface area contributed by atoms with Crippen LogP contribution in [0.1, 0.15) is 47.0 Å². The molecule has 0 saturated carbocycles. The van der Waals surface area contributed by atoms with Crippen molar-refractivity contribution < 1.29 is 19.1 Å². The number of carbonyl (C=O) groups excluding carboxylic acids is 2. The molecule has 1 aliphatic heterocycles. The van der Waals surface area contributed by atoms with E-state index < -0.39 is 11.7 Å². The average molecular weight is 257 g/mol. The van der Waals surface area contributed by atoms with E-state index in [4.69, 9.17) is 9.47 Å². The highest BCUT2D eigenvalue weighted by Gasteiger charge is 2.36. The zero-order chi connectivity index (χ0) is 13.8. The van der Waals surface area contributed by atoms with E-state index >= 15 is 0 Å². The first-order chi connectivity index (χ1) is 8.35. The van der Waals surface area contributed by atoms with Gasteiger partial charge in [0.1, 0.15) is 12.2 Å². The summed E-state index contributed by atoms with van der Waals surface area (Å²) < 4.78 is 10.5. The standard InChI is InChI=1S/C13H23NO4/c1-5-6-7-10-8-17-9-11(15)14(10)12(16)18-13(2,3)4/h10H,5-9H2,1-4H3/t10-/m0/s1. The van der Waals surface area contributed by atoms with E-state index in [0.29, 0.717) is 6.61 Å². The van der Waals surface area contributed by atoms with Crippen molar-refractivity contribution in [2.45, 2.75) is 58.6 Å². The number of carbonyl (C=O) groups is 2. The normalized spacial score (nSPS) is 21.0. The highest BCUT2D eigenvalue weighted by atomic mass is 16.6. The fraction of sp³-hybridized carbons (Fsp3) is 0.846. The number of unbranched alkanes of at least 4 members (excludes halogenated alkanes) is 1. The van der Waals surface area contributed by atoms with Crippen LogP contribution in [0.15, 0.2) is 0 Å². The summed E-state index contributed by atoms with van der Waals surface area (Å²) in [7, 11) is 0. The molecule has 1 rings (SSSR count). The smallest absolute Gasteiger partial charge is 0.417 e. The molecule has 0 aromatic rings. The molecule has 1 atom stereocenters. The van der Waals surface area contributed by atoms with Gasteiger partial charge in [0.2, 0.25) is 0 Å². The Morgan fingerprint density at radius 2 is 2.17 bits per heavy atom. The second-order valence-corrected chi connectivity index (χ2v) is 5.56. The van der Waals surface area contributed by atoms with E-state index in [9.17, 15) is 9.59 Å². The van der Waals surface area contributed by atoms with Gasteiger partial charge in [0.05, 0.1) is 12.6 Å². The molecule has 18 heavy (non-hydrogen) atoms. The number of ether oxygens (including phenoxy) is 2. The lowest BCUT2D eigenvalue weighted by Gasteiger charge is -2.35. The van der Waals surface area contributed by atoms with Gasteiger partial charge < -0.3 is 9.47 Å². The molecule has 0 spiro atoms. The van der Waals surface area contributed by atoms with Gasteiger partial charge in [-0.3, -0.25) is 4.79 Å². The van der Waals surface area contributed by atoms with Crippen LogP contribution in [0.5, 0.6) is 0 Å². The third kappa shape index (κ3) is 4.29. The van der Waals surface area contributed by atoms with Crippen molar-refractivity contribution in [1.82, 2.24) is 4.90 Å². The molecule has 1 fully saturated rings. The Morgan fingerprint density at radius 1 is 1.50 bits per heavy atom. The zero-order valence-corrected chi connectivity index (χ0v) is 11.7. The predicted octanol–water partition coefficient (Wildman–Crippen LogP) is 2.34. The Balaban J connectivity index is 2.71. The fourth-order valence-corrected chi connectivity index (χ4v) is 1.84.